The zero-order valence-corrected chi connectivity index (χ0v) is 28.6. The molecule has 5 N–H and O–H groups in total. The lowest BCUT2D eigenvalue weighted by molar-refractivity contribution is -0.156. The summed E-state index contributed by atoms with van der Waals surface area (Å²) in [6.07, 6.45) is 5.66. The number of primary amides is 1. The Kier molecular flexibility index (Phi) is 15.2. The van der Waals surface area contributed by atoms with Crippen molar-refractivity contribution in [2.75, 3.05) is 24.9 Å². The number of hydrogen-bond donors (Lipinski definition) is 4. The number of phenolic OH excluding ortho intramolecular Hbond substituents is 2. The summed E-state index contributed by atoms with van der Waals surface area (Å²) < 4.78 is 22.8. The second kappa shape index (κ2) is 18.3. The zero-order chi connectivity index (χ0) is 34.6. The second-order valence-corrected chi connectivity index (χ2v) is 11.6. The number of carbonyl (C=O) groups is 3. The highest BCUT2D eigenvalue weighted by Crippen LogP contribution is 2.44. The number of methoxy groups -OCH3 is 2. The van der Waals surface area contributed by atoms with Crippen molar-refractivity contribution in [1.82, 2.24) is 0 Å². The topological polar surface area (TPSA) is 179 Å². The number of nitrogens with one attached hydrogen (secondary N) is 1. The molecule has 1 unspecified atom stereocenters. The number of rotatable bonds is 7. The number of alkyl halides is 1. The summed E-state index contributed by atoms with van der Waals surface area (Å²) in [6.45, 7) is 10.7. The third kappa shape index (κ3) is 10.6. The normalized spacial score (nSPS) is 26.7. The van der Waals surface area contributed by atoms with E-state index in [1.165, 1.54) is 38.7 Å². The van der Waals surface area contributed by atoms with Gasteiger partial charge in [-0.15, -0.1) is 0 Å². The van der Waals surface area contributed by atoms with Gasteiger partial charge in [-0.3, -0.25) is 14.6 Å². The zero-order valence-electron chi connectivity index (χ0n) is 27.0. The van der Waals surface area contributed by atoms with E-state index >= 15 is 0 Å². The molecule has 1 aliphatic heterocycles. The Morgan fingerprint density at radius 3 is 2.48 bits per heavy atom. The molecule has 13 heteroatoms. The first-order valence-corrected chi connectivity index (χ1v) is 15.7. The van der Waals surface area contributed by atoms with Gasteiger partial charge in [0.25, 0.3) is 5.91 Å². The van der Waals surface area contributed by atoms with E-state index < -0.39 is 48.3 Å². The molecule has 1 aliphatic rings. The van der Waals surface area contributed by atoms with Crippen LogP contribution in [0.25, 0.3) is 0 Å². The Morgan fingerprint density at radius 1 is 1.20 bits per heavy atom. The molecule has 0 saturated heterocycles. The number of ether oxygens (including phenoxy) is 4. The van der Waals surface area contributed by atoms with Crippen molar-refractivity contribution < 1.29 is 43.5 Å². The summed E-state index contributed by atoms with van der Waals surface area (Å²) in [5, 5.41) is 24.8. The Balaban J connectivity index is 2.80. The molecule has 252 valence electrons. The van der Waals surface area contributed by atoms with Crippen LogP contribution in [-0.2, 0) is 35.0 Å². The molecule has 12 nitrogen and oxygen atoms in total. The quantitative estimate of drug-likeness (QED) is 0.0722. The maximum Gasteiger partial charge on any atom is 0.405 e. The first-order chi connectivity index (χ1) is 21.8. The highest BCUT2D eigenvalue weighted by atomic mass is 79.9. The van der Waals surface area contributed by atoms with E-state index in [9.17, 15) is 24.6 Å². The van der Waals surface area contributed by atoms with E-state index in [0.717, 1.165) is 0 Å². The van der Waals surface area contributed by atoms with Crippen LogP contribution >= 0.6 is 15.9 Å². The molecular weight excluding hydrogens is 662 g/mol. The fourth-order valence-corrected chi connectivity index (χ4v) is 5.35. The van der Waals surface area contributed by atoms with Crippen LogP contribution in [-0.4, -0.2) is 78.4 Å². The lowest BCUT2D eigenvalue weighted by atomic mass is 9.87. The number of amides is 2. The van der Waals surface area contributed by atoms with Crippen molar-refractivity contribution in [2.45, 2.75) is 65.0 Å². The number of benzene rings is 1. The number of aromatic hydroxyl groups is 2. The van der Waals surface area contributed by atoms with E-state index in [0.29, 0.717) is 17.6 Å². The van der Waals surface area contributed by atoms with Crippen LogP contribution in [0.15, 0.2) is 59.2 Å². The number of nitrogens with zero attached hydrogens (tertiary/aromatic N) is 1. The Morgan fingerprint density at radius 2 is 1.89 bits per heavy atom. The Bertz CT molecular complexity index is 1390. The van der Waals surface area contributed by atoms with Crippen molar-refractivity contribution in [2.24, 2.45) is 22.6 Å². The maximum absolute atomic E-state index is 13.1. The molecule has 2 bridgehead atoms. The monoisotopic (exact) mass is 705 g/mol. The summed E-state index contributed by atoms with van der Waals surface area (Å²) in [4.78, 5) is 41.8. The van der Waals surface area contributed by atoms with Crippen molar-refractivity contribution in [3.63, 3.8) is 0 Å². The number of phenols is 2. The van der Waals surface area contributed by atoms with Crippen LogP contribution in [0.3, 0.4) is 0 Å². The first-order valence-electron chi connectivity index (χ1n) is 14.6. The van der Waals surface area contributed by atoms with Gasteiger partial charge in [0.1, 0.15) is 34.7 Å². The Labute approximate surface area is 278 Å². The van der Waals surface area contributed by atoms with Crippen LogP contribution in [0.2, 0.25) is 0 Å². The van der Waals surface area contributed by atoms with E-state index in [1.54, 1.807) is 32.1 Å². The van der Waals surface area contributed by atoms with E-state index in [2.05, 4.69) is 32.8 Å². The van der Waals surface area contributed by atoms with E-state index in [-0.39, 0.29) is 46.1 Å². The highest BCUT2D eigenvalue weighted by molar-refractivity contribution is 9.09. The molecule has 1 aromatic rings. The molecule has 46 heavy (non-hydrogen) atoms. The van der Waals surface area contributed by atoms with Crippen molar-refractivity contribution >= 4 is 51.5 Å². The molecule has 0 fully saturated rings. The fourth-order valence-electron chi connectivity index (χ4n) is 5.22. The molecule has 1 aromatic carbocycles. The SMILES string of the molecule is C=CC=Nc1c(O)cc2c(O)c1CC(C)C[C@H](OC)[C@H](OC(=O)CBr)[C@@H](C)C=C(C)[C@H](OC(N)=O)[C@@H](OC)/C=C\C=C(/C)C(=O)N2. The minimum absolute atomic E-state index is 0.0116. The third-order valence-electron chi connectivity index (χ3n) is 7.45. The van der Waals surface area contributed by atoms with Crippen LogP contribution in [0, 0.1) is 11.8 Å². The smallest absolute Gasteiger partial charge is 0.405 e. The first kappa shape index (κ1) is 38.2. The Hall–Kier alpha value is -3.94. The molecule has 2 rings (SSSR count). The van der Waals surface area contributed by atoms with Crippen LogP contribution < -0.4 is 11.1 Å². The summed E-state index contributed by atoms with van der Waals surface area (Å²) >= 11 is 3.15. The van der Waals surface area contributed by atoms with Gasteiger partial charge in [0.15, 0.2) is 6.10 Å². The van der Waals surface area contributed by atoms with Crippen LogP contribution in [0.1, 0.15) is 39.7 Å². The van der Waals surface area contributed by atoms with Gasteiger partial charge in [-0.2, -0.15) is 0 Å². The standard InChI is InChI=1S/C33H44BrN3O9/c1-8-12-36-28-22-13-18(2)14-26(44-7)31(45-27(39)17-34)21(5)15-20(4)30(46-33(35)42)25(43-6)11-9-10-19(3)32(41)37-23(29(22)40)16-24(28)38/h8-12,15-16,18,21,25-26,30-31,38,40H,1,13-14,17H2,2-7H3,(H2,35,42)(H,37,41)/b11-9-,19-10+,20-15?,36-12?/t18?,21-,25-,26-,30-,31+/m0/s1. The van der Waals surface area contributed by atoms with Gasteiger partial charge >= 0.3 is 12.1 Å². The average molecular weight is 707 g/mol. The van der Waals surface area contributed by atoms with Crippen molar-refractivity contribution in [3.8, 4) is 11.5 Å². The predicted octanol–water partition coefficient (Wildman–Crippen LogP) is 5.39. The lowest BCUT2D eigenvalue weighted by Gasteiger charge is -2.32. The van der Waals surface area contributed by atoms with E-state index in [4.69, 9.17) is 24.7 Å². The molecule has 0 spiro atoms. The van der Waals surface area contributed by atoms with Gasteiger partial charge in [0, 0.05) is 43.6 Å². The number of halogens is 1. The van der Waals surface area contributed by atoms with Gasteiger partial charge < -0.3 is 40.2 Å². The number of aliphatic imine (C=N–C) groups is 1. The van der Waals surface area contributed by atoms with Gasteiger partial charge in [0.05, 0.1) is 11.8 Å². The van der Waals surface area contributed by atoms with Gasteiger partial charge in [-0.05, 0) is 38.2 Å². The third-order valence-corrected chi connectivity index (χ3v) is 7.91. The van der Waals surface area contributed by atoms with Crippen LogP contribution in [0.5, 0.6) is 11.5 Å². The summed E-state index contributed by atoms with van der Waals surface area (Å²) in [5.41, 5.74) is 6.64. The molecule has 6 atom stereocenters. The highest BCUT2D eigenvalue weighted by Gasteiger charge is 2.33. The lowest BCUT2D eigenvalue weighted by Crippen LogP contribution is -2.40. The number of nitrogens with two attached hydrogens (primary N) is 1. The van der Waals surface area contributed by atoms with Crippen molar-refractivity contribution in [3.05, 3.63) is 59.7 Å². The molecule has 2 amide bonds. The van der Waals surface area contributed by atoms with Gasteiger partial charge in [0.2, 0.25) is 0 Å². The predicted molar refractivity (Wildman–Crippen MR) is 180 cm³/mol. The number of esters is 1. The minimum Gasteiger partial charge on any atom is -0.506 e. The molecule has 1 heterocycles. The molecule has 0 radical (unpaired) electrons. The minimum atomic E-state index is -1.02. The number of anilines is 1. The maximum atomic E-state index is 13.1. The average Bonchev–Trinajstić information content (AvgIpc) is 3.01. The number of fused-ring (bicyclic) bond motifs is 2. The fraction of sp³-hybridized carbons (Fsp3) is 0.455. The summed E-state index contributed by atoms with van der Waals surface area (Å²) in [5.74, 6) is -2.24. The van der Waals surface area contributed by atoms with Crippen LogP contribution in [0.4, 0.5) is 16.2 Å². The molecular formula is C33H44BrN3O9. The van der Waals surface area contributed by atoms with Crippen molar-refractivity contribution in [1.29, 1.82) is 0 Å². The second-order valence-electron chi connectivity index (χ2n) is 11.1. The molecule has 0 aromatic heterocycles. The number of allylic oxidation sites excluding steroid dienone is 3. The molecule has 0 aliphatic carbocycles. The van der Waals surface area contributed by atoms with Gasteiger partial charge in [-0.1, -0.05) is 66.7 Å². The summed E-state index contributed by atoms with van der Waals surface area (Å²) in [7, 11) is 2.94. The summed E-state index contributed by atoms with van der Waals surface area (Å²) in [6, 6.07) is 1.22. The largest absolute Gasteiger partial charge is 0.506 e. The van der Waals surface area contributed by atoms with E-state index in [1.807, 2.05) is 13.8 Å². The number of carbonyl (C=O) groups excluding carboxylic acids is 3. The molecule has 0 saturated carbocycles. The number of hydrogen-bond acceptors (Lipinski definition) is 10. The van der Waals surface area contributed by atoms with Gasteiger partial charge in [-0.25, -0.2) is 4.79 Å².